The standard InChI is InChI=1S/C25H32ClN3O4S/c1-32-16-21-25(31)28(13-14-29(21)23(30)17-33-24-12-11-22(26)34-24)15-18-7-9-20(10-8-18)27-19-5-3-2-4-6-19/h2-6,11-12,18,20-21,27H,7-10,13-17H2,1H3/t18?,20?,21-/m0/s1. The smallest absolute Gasteiger partial charge is 0.261 e. The van der Waals surface area contributed by atoms with Crippen molar-refractivity contribution in [3.63, 3.8) is 0 Å². The normalized spacial score (nSPS) is 23.1. The third kappa shape index (κ3) is 6.43. The lowest BCUT2D eigenvalue weighted by molar-refractivity contribution is -0.155. The monoisotopic (exact) mass is 505 g/mol. The number of halogens is 1. The predicted octanol–water partition coefficient (Wildman–Crippen LogP) is 4.14. The quantitative estimate of drug-likeness (QED) is 0.554. The first kappa shape index (κ1) is 24.8. The lowest BCUT2D eigenvalue weighted by atomic mass is 9.85. The van der Waals surface area contributed by atoms with Crippen molar-refractivity contribution in [1.82, 2.24) is 9.80 Å². The van der Waals surface area contributed by atoms with E-state index in [1.54, 1.807) is 24.1 Å². The summed E-state index contributed by atoms with van der Waals surface area (Å²) >= 11 is 7.20. The van der Waals surface area contributed by atoms with Crippen LogP contribution < -0.4 is 10.1 Å². The Kier molecular flexibility index (Phi) is 8.69. The van der Waals surface area contributed by atoms with E-state index in [0.717, 1.165) is 37.9 Å². The van der Waals surface area contributed by atoms with Gasteiger partial charge in [-0.15, -0.1) is 0 Å². The summed E-state index contributed by atoms with van der Waals surface area (Å²) in [5, 5.41) is 4.21. The zero-order chi connectivity index (χ0) is 23.9. The van der Waals surface area contributed by atoms with Crippen LogP contribution in [-0.2, 0) is 14.3 Å². The fraction of sp³-hybridized carbons (Fsp3) is 0.520. The molecule has 184 valence electrons. The highest BCUT2D eigenvalue weighted by Crippen LogP contribution is 2.29. The van der Waals surface area contributed by atoms with Gasteiger partial charge >= 0.3 is 0 Å². The van der Waals surface area contributed by atoms with E-state index < -0.39 is 6.04 Å². The number of ether oxygens (including phenoxy) is 2. The molecule has 7 nitrogen and oxygen atoms in total. The number of thiophene rings is 1. The Hall–Kier alpha value is -2.29. The Labute approximate surface area is 210 Å². The summed E-state index contributed by atoms with van der Waals surface area (Å²) in [7, 11) is 1.56. The topological polar surface area (TPSA) is 71.1 Å². The molecule has 0 spiro atoms. The molecule has 34 heavy (non-hydrogen) atoms. The number of carbonyl (C=O) groups excluding carboxylic acids is 2. The van der Waals surface area contributed by atoms with Gasteiger partial charge in [-0.1, -0.05) is 41.1 Å². The van der Waals surface area contributed by atoms with E-state index in [2.05, 4.69) is 17.4 Å². The lowest BCUT2D eigenvalue weighted by Gasteiger charge is -2.42. The second kappa shape index (κ2) is 11.9. The van der Waals surface area contributed by atoms with Gasteiger partial charge in [0.1, 0.15) is 6.04 Å². The number of carbonyl (C=O) groups is 2. The highest BCUT2D eigenvalue weighted by Gasteiger charge is 2.38. The molecule has 1 N–H and O–H groups in total. The molecule has 0 unspecified atom stereocenters. The molecule has 0 bridgehead atoms. The summed E-state index contributed by atoms with van der Waals surface area (Å²) in [5.74, 6) is 0.229. The number of benzene rings is 1. The van der Waals surface area contributed by atoms with Gasteiger partial charge in [0.25, 0.3) is 5.91 Å². The van der Waals surface area contributed by atoms with E-state index >= 15 is 0 Å². The van der Waals surface area contributed by atoms with Crippen molar-refractivity contribution in [2.45, 2.75) is 37.8 Å². The molecule has 2 aliphatic rings. The van der Waals surface area contributed by atoms with E-state index in [1.807, 2.05) is 23.1 Å². The molecule has 1 saturated carbocycles. The Morgan fingerprint density at radius 1 is 1.12 bits per heavy atom. The van der Waals surface area contributed by atoms with E-state index in [4.69, 9.17) is 21.1 Å². The Morgan fingerprint density at radius 2 is 1.88 bits per heavy atom. The van der Waals surface area contributed by atoms with Crippen molar-refractivity contribution >= 4 is 40.4 Å². The maximum atomic E-state index is 13.3. The molecule has 1 saturated heterocycles. The number of piperazine rings is 1. The van der Waals surface area contributed by atoms with Crippen LogP contribution in [0.15, 0.2) is 42.5 Å². The minimum absolute atomic E-state index is 0.0369. The number of nitrogens with one attached hydrogen (secondary N) is 1. The maximum Gasteiger partial charge on any atom is 0.261 e. The van der Waals surface area contributed by atoms with Gasteiger partial charge < -0.3 is 24.6 Å². The number of methoxy groups -OCH3 is 1. The summed E-state index contributed by atoms with van der Waals surface area (Å²) in [6.45, 7) is 1.82. The first-order valence-electron chi connectivity index (χ1n) is 11.8. The summed E-state index contributed by atoms with van der Waals surface area (Å²) < 4.78 is 11.5. The van der Waals surface area contributed by atoms with Gasteiger partial charge in [-0.2, -0.15) is 0 Å². The van der Waals surface area contributed by atoms with Crippen molar-refractivity contribution in [3.05, 3.63) is 46.8 Å². The number of amides is 2. The van der Waals surface area contributed by atoms with Crippen LogP contribution in [0.4, 0.5) is 5.69 Å². The average molecular weight is 506 g/mol. The van der Waals surface area contributed by atoms with Crippen LogP contribution in [0.3, 0.4) is 0 Å². The molecule has 9 heteroatoms. The summed E-state index contributed by atoms with van der Waals surface area (Å²) in [6.07, 6.45) is 4.36. The van der Waals surface area contributed by atoms with Crippen molar-refractivity contribution in [2.75, 3.05) is 45.3 Å². The van der Waals surface area contributed by atoms with Crippen LogP contribution in [0.25, 0.3) is 0 Å². The fourth-order valence-electron chi connectivity index (χ4n) is 4.80. The largest absolute Gasteiger partial charge is 0.474 e. The molecule has 1 aliphatic heterocycles. The van der Waals surface area contributed by atoms with Crippen LogP contribution in [0.1, 0.15) is 25.7 Å². The third-order valence-corrected chi connectivity index (χ3v) is 7.73. The maximum absolute atomic E-state index is 13.3. The van der Waals surface area contributed by atoms with Crippen molar-refractivity contribution in [3.8, 4) is 5.06 Å². The predicted molar refractivity (Wildman–Crippen MR) is 135 cm³/mol. The van der Waals surface area contributed by atoms with Crippen LogP contribution in [0, 0.1) is 5.92 Å². The second-order valence-corrected chi connectivity index (χ2v) is 10.6. The highest BCUT2D eigenvalue weighted by atomic mass is 35.5. The van der Waals surface area contributed by atoms with E-state index in [0.29, 0.717) is 34.4 Å². The SMILES string of the molecule is COC[C@H]1C(=O)N(CC2CCC(Nc3ccccc3)CC2)CCN1C(=O)COc1ccc(Cl)s1. The molecule has 2 heterocycles. The van der Waals surface area contributed by atoms with Gasteiger partial charge in [-0.05, 0) is 55.9 Å². The molecule has 1 atom stereocenters. The molecule has 2 aromatic rings. The Morgan fingerprint density at radius 3 is 2.56 bits per heavy atom. The first-order chi connectivity index (χ1) is 16.5. The number of para-hydroxylation sites is 1. The number of anilines is 1. The fourth-order valence-corrected chi connectivity index (χ4v) is 5.67. The van der Waals surface area contributed by atoms with Gasteiger partial charge in [-0.3, -0.25) is 9.59 Å². The molecular formula is C25H32ClN3O4S. The highest BCUT2D eigenvalue weighted by molar-refractivity contribution is 7.17. The van der Waals surface area contributed by atoms with Gasteiger partial charge in [0.2, 0.25) is 5.91 Å². The molecule has 1 aromatic carbocycles. The number of hydrogen-bond donors (Lipinski definition) is 1. The van der Waals surface area contributed by atoms with Crippen molar-refractivity contribution in [2.24, 2.45) is 5.92 Å². The number of nitrogens with zero attached hydrogens (tertiary/aromatic N) is 2. The van der Waals surface area contributed by atoms with Crippen LogP contribution in [0.2, 0.25) is 4.34 Å². The zero-order valence-corrected chi connectivity index (χ0v) is 21.0. The minimum atomic E-state index is -0.613. The van der Waals surface area contributed by atoms with Crippen LogP contribution >= 0.6 is 22.9 Å². The zero-order valence-electron chi connectivity index (χ0n) is 19.5. The first-order valence-corrected chi connectivity index (χ1v) is 13.0. The molecule has 1 aliphatic carbocycles. The molecule has 2 amide bonds. The van der Waals surface area contributed by atoms with Gasteiger partial charge in [-0.25, -0.2) is 0 Å². The van der Waals surface area contributed by atoms with Gasteiger partial charge in [0.15, 0.2) is 11.7 Å². The van der Waals surface area contributed by atoms with E-state index in [1.165, 1.54) is 11.3 Å². The lowest BCUT2D eigenvalue weighted by Crippen LogP contribution is -2.61. The molecule has 4 rings (SSSR count). The van der Waals surface area contributed by atoms with Gasteiger partial charge in [0, 0.05) is 38.5 Å². The second-order valence-electron chi connectivity index (χ2n) is 8.92. The number of rotatable bonds is 9. The molecular weight excluding hydrogens is 474 g/mol. The van der Waals surface area contributed by atoms with Crippen LogP contribution in [0.5, 0.6) is 5.06 Å². The average Bonchev–Trinajstić information content (AvgIpc) is 3.27. The summed E-state index contributed by atoms with van der Waals surface area (Å²) in [6, 6.07) is 13.6. The van der Waals surface area contributed by atoms with E-state index in [-0.39, 0.29) is 25.0 Å². The summed E-state index contributed by atoms with van der Waals surface area (Å²) in [4.78, 5) is 29.6. The number of hydrogen-bond acceptors (Lipinski definition) is 6. The Bertz CT molecular complexity index is 949. The molecule has 2 fully saturated rings. The minimum Gasteiger partial charge on any atom is -0.474 e. The van der Waals surface area contributed by atoms with Gasteiger partial charge in [0.05, 0.1) is 10.9 Å². The van der Waals surface area contributed by atoms with Crippen molar-refractivity contribution < 1.29 is 19.1 Å². The van der Waals surface area contributed by atoms with Crippen LogP contribution in [-0.4, -0.2) is 73.7 Å². The summed E-state index contributed by atoms with van der Waals surface area (Å²) in [5.41, 5.74) is 1.16. The molecule has 1 aromatic heterocycles. The Balaban J connectivity index is 1.27. The third-order valence-electron chi connectivity index (χ3n) is 6.59. The molecule has 0 radical (unpaired) electrons. The van der Waals surface area contributed by atoms with Crippen molar-refractivity contribution in [1.29, 1.82) is 0 Å². The van der Waals surface area contributed by atoms with E-state index in [9.17, 15) is 9.59 Å².